The molecule has 0 saturated heterocycles. The topological polar surface area (TPSA) is 86.8 Å². The van der Waals surface area contributed by atoms with E-state index < -0.39 is 28.5 Å². The molecular weight excluding hydrogens is 509 g/mol. The molecule has 1 atom stereocenters. The highest BCUT2D eigenvalue weighted by atomic mass is 35.5. The Bertz CT molecular complexity index is 1180. The molecule has 0 heterocycles. The number of carbonyl (C=O) groups is 2. The summed E-state index contributed by atoms with van der Waals surface area (Å²) in [6.45, 7) is 3.06. The quantitative estimate of drug-likeness (QED) is 0.506. The molecule has 0 radical (unpaired) electrons. The number of sulfonamides is 1. The summed E-state index contributed by atoms with van der Waals surface area (Å²) in [5.74, 6) is -0.772. The SMILES string of the molecule is Cc1ccccc1N(CC(=O)N(Cc1ccc(Cl)c(Cl)c1)[C@@H](C)C(=O)NC1CCCC1)S(C)(=O)=O. The van der Waals surface area contributed by atoms with E-state index in [2.05, 4.69) is 5.32 Å². The second-order valence-corrected chi connectivity index (χ2v) is 11.7. The molecule has 2 aromatic rings. The molecule has 190 valence electrons. The van der Waals surface area contributed by atoms with E-state index in [9.17, 15) is 18.0 Å². The Hall–Kier alpha value is -2.29. The summed E-state index contributed by atoms with van der Waals surface area (Å²) in [6, 6.07) is 11.2. The zero-order valence-electron chi connectivity index (χ0n) is 20.1. The maximum atomic E-state index is 13.6. The molecule has 1 N–H and O–H groups in total. The zero-order valence-corrected chi connectivity index (χ0v) is 22.5. The Morgan fingerprint density at radius 2 is 1.74 bits per heavy atom. The monoisotopic (exact) mass is 539 g/mol. The van der Waals surface area contributed by atoms with E-state index in [4.69, 9.17) is 23.2 Å². The lowest BCUT2D eigenvalue weighted by Gasteiger charge is -2.32. The van der Waals surface area contributed by atoms with Gasteiger partial charge in [-0.3, -0.25) is 13.9 Å². The average Bonchev–Trinajstić information content (AvgIpc) is 3.30. The van der Waals surface area contributed by atoms with Crippen molar-refractivity contribution in [3.63, 3.8) is 0 Å². The number of rotatable bonds is 9. The Morgan fingerprint density at radius 1 is 1.09 bits per heavy atom. The van der Waals surface area contributed by atoms with Crippen LogP contribution in [0.4, 0.5) is 5.69 Å². The molecule has 0 aromatic heterocycles. The van der Waals surface area contributed by atoms with Gasteiger partial charge in [-0.1, -0.05) is 60.3 Å². The Balaban J connectivity index is 1.90. The molecule has 7 nitrogen and oxygen atoms in total. The molecule has 0 spiro atoms. The Kier molecular flexibility index (Phi) is 9.07. The lowest BCUT2D eigenvalue weighted by Crippen LogP contribution is -2.52. The van der Waals surface area contributed by atoms with Crippen LogP contribution >= 0.6 is 23.2 Å². The number of amides is 2. The van der Waals surface area contributed by atoms with Gasteiger partial charge in [0, 0.05) is 12.6 Å². The number of hydrogen-bond acceptors (Lipinski definition) is 4. The number of benzene rings is 2. The first-order valence-corrected chi connectivity index (χ1v) is 14.1. The molecule has 0 aliphatic heterocycles. The van der Waals surface area contributed by atoms with Crippen molar-refractivity contribution in [2.45, 2.75) is 58.2 Å². The van der Waals surface area contributed by atoms with Gasteiger partial charge in [0.2, 0.25) is 21.8 Å². The van der Waals surface area contributed by atoms with Crippen molar-refractivity contribution >= 4 is 50.7 Å². The van der Waals surface area contributed by atoms with Crippen LogP contribution in [0.1, 0.15) is 43.7 Å². The third-order valence-corrected chi connectivity index (χ3v) is 8.13. The number of anilines is 1. The maximum Gasteiger partial charge on any atom is 0.244 e. The van der Waals surface area contributed by atoms with E-state index in [0.29, 0.717) is 26.9 Å². The number of aryl methyl sites for hydroxylation is 1. The van der Waals surface area contributed by atoms with E-state index >= 15 is 0 Å². The predicted molar refractivity (Wildman–Crippen MR) is 140 cm³/mol. The second kappa shape index (κ2) is 11.6. The zero-order chi connectivity index (χ0) is 25.8. The fourth-order valence-electron chi connectivity index (χ4n) is 4.25. The predicted octanol–water partition coefficient (Wildman–Crippen LogP) is 4.54. The third kappa shape index (κ3) is 7.12. The minimum absolute atomic E-state index is 0.0698. The van der Waals surface area contributed by atoms with Crippen molar-refractivity contribution in [3.05, 3.63) is 63.6 Å². The molecule has 0 bridgehead atoms. The lowest BCUT2D eigenvalue weighted by molar-refractivity contribution is -0.139. The summed E-state index contributed by atoms with van der Waals surface area (Å²) in [5.41, 5.74) is 1.81. The molecule has 2 amide bonds. The maximum absolute atomic E-state index is 13.6. The first kappa shape index (κ1) is 27.3. The van der Waals surface area contributed by atoms with Gasteiger partial charge in [0.05, 0.1) is 22.0 Å². The summed E-state index contributed by atoms with van der Waals surface area (Å²) < 4.78 is 26.4. The fourth-order valence-corrected chi connectivity index (χ4v) is 5.48. The molecule has 1 fully saturated rings. The van der Waals surface area contributed by atoms with Crippen LogP contribution in [0.3, 0.4) is 0 Å². The molecule has 1 aliphatic rings. The summed E-state index contributed by atoms with van der Waals surface area (Å²) in [5, 5.41) is 3.74. The van der Waals surface area contributed by atoms with E-state index in [1.807, 2.05) is 0 Å². The molecule has 35 heavy (non-hydrogen) atoms. The van der Waals surface area contributed by atoms with Crippen molar-refractivity contribution in [2.24, 2.45) is 0 Å². The lowest BCUT2D eigenvalue weighted by atomic mass is 10.1. The Labute approximate surface area is 217 Å². The molecule has 10 heteroatoms. The average molecular weight is 541 g/mol. The number of carbonyl (C=O) groups excluding carboxylic acids is 2. The number of nitrogens with zero attached hydrogens (tertiary/aromatic N) is 2. The largest absolute Gasteiger partial charge is 0.352 e. The van der Waals surface area contributed by atoms with Crippen LogP contribution in [0.5, 0.6) is 0 Å². The van der Waals surface area contributed by atoms with Crippen molar-refractivity contribution in [1.82, 2.24) is 10.2 Å². The summed E-state index contributed by atoms with van der Waals surface area (Å²) >= 11 is 12.2. The molecule has 3 rings (SSSR count). The highest BCUT2D eigenvalue weighted by Crippen LogP contribution is 2.26. The normalized spacial score (nSPS) is 15.0. The summed E-state index contributed by atoms with van der Waals surface area (Å²) in [6.07, 6.45) is 5.00. The van der Waals surface area contributed by atoms with E-state index in [1.165, 1.54) is 4.90 Å². The van der Waals surface area contributed by atoms with Crippen LogP contribution in [0, 0.1) is 6.92 Å². The molecule has 1 saturated carbocycles. The highest BCUT2D eigenvalue weighted by Gasteiger charge is 2.31. The van der Waals surface area contributed by atoms with Gasteiger partial charge in [0.25, 0.3) is 0 Å². The van der Waals surface area contributed by atoms with Gasteiger partial charge in [-0.2, -0.15) is 0 Å². The first-order valence-electron chi connectivity index (χ1n) is 11.5. The van der Waals surface area contributed by atoms with Gasteiger partial charge in [0.15, 0.2) is 0 Å². The van der Waals surface area contributed by atoms with Gasteiger partial charge >= 0.3 is 0 Å². The molecular formula is C25H31Cl2N3O4S. The molecule has 1 aliphatic carbocycles. The highest BCUT2D eigenvalue weighted by molar-refractivity contribution is 7.92. The number of para-hydroxylation sites is 1. The van der Waals surface area contributed by atoms with E-state index in [-0.39, 0.29) is 18.5 Å². The van der Waals surface area contributed by atoms with Crippen LogP contribution < -0.4 is 9.62 Å². The minimum atomic E-state index is -3.77. The number of nitrogens with one attached hydrogen (secondary N) is 1. The van der Waals surface area contributed by atoms with Crippen LogP contribution in [0.15, 0.2) is 42.5 Å². The minimum Gasteiger partial charge on any atom is -0.352 e. The molecule has 2 aromatic carbocycles. The van der Waals surface area contributed by atoms with Gasteiger partial charge < -0.3 is 10.2 Å². The Morgan fingerprint density at radius 3 is 2.34 bits per heavy atom. The smallest absolute Gasteiger partial charge is 0.244 e. The van der Waals surface area contributed by atoms with E-state index in [1.54, 1.807) is 56.3 Å². The molecule has 0 unspecified atom stereocenters. The second-order valence-electron chi connectivity index (χ2n) is 8.99. The van der Waals surface area contributed by atoms with E-state index in [0.717, 1.165) is 36.2 Å². The van der Waals surface area contributed by atoms with Crippen molar-refractivity contribution < 1.29 is 18.0 Å². The van der Waals surface area contributed by atoms with Crippen molar-refractivity contribution in [3.8, 4) is 0 Å². The van der Waals surface area contributed by atoms with Crippen LogP contribution in [-0.4, -0.2) is 50.0 Å². The van der Waals surface area contributed by atoms with Gasteiger partial charge in [-0.15, -0.1) is 0 Å². The summed E-state index contributed by atoms with van der Waals surface area (Å²) in [4.78, 5) is 28.1. The fraction of sp³-hybridized carbons (Fsp3) is 0.440. The van der Waals surface area contributed by atoms with Gasteiger partial charge in [0.1, 0.15) is 12.6 Å². The summed E-state index contributed by atoms with van der Waals surface area (Å²) in [7, 11) is -3.77. The van der Waals surface area contributed by atoms with Crippen LogP contribution in [0.25, 0.3) is 0 Å². The number of halogens is 2. The standard InChI is InChI=1S/C25H31Cl2N3O4S/c1-17-8-4-7-11-23(17)30(35(3,33)34)16-24(31)29(15-19-12-13-21(26)22(27)14-19)18(2)25(32)28-20-9-5-6-10-20/h4,7-8,11-14,18,20H,5-6,9-10,15-16H2,1-3H3,(H,28,32)/t18-/m0/s1. The van der Waals surface area contributed by atoms with Gasteiger partial charge in [-0.05, 0) is 56.0 Å². The van der Waals surface area contributed by atoms with Crippen LogP contribution in [0.2, 0.25) is 10.0 Å². The van der Waals surface area contributed by atoms with Crippen LogP contribution in [-0.2, 0) is 26.2 Å². The third-order valence-electron chi connectivity index (χ3n) is 6.27. The van der Waals surface area contributed by atoms with Gasteiger partial charge in [-0.25, -0.2) is 8.42 Å². The van der Waals surface area contributed by atoms with Crippen molar-refractivity contribution in [2.75, 3.05) is 17.1 Å². The van der Waals surface area contributed by atoms with Crippen molar-refractivity contribution in [1.29, 1.82) is 0 Å². The first-order chi connectivity index (χ1) is 16.5. The number of hydrogen-bond donors (Lipinski definition) is 1.